The van der Waals surface area contributed by atoms with Crippen molar-refractivity contribution in [1.82, 2.24) is 15.3 Å². The van der Waals surface area contributed by atoms with Crippen molar-refractivity contribution in [3.8, 4) is 11.1 Å². The van der Waals surface area contributed by atoms with E-state index in [1.807, 2.05) is 79.1 Å². The maximum atomic E-state index is 13.5. The van der Waals surface area contributed by atoms with E-state index in [-0.39, 0.29) is 17.8 Å². The van der Waals surface area contributed by atoms with Crippen LogP contribution in [0.1, 0.15) is 82.6 Å². The van der Waals surface area contributed by atoms with Crippen molar-refractivity contribution >= 4 is 29.6 Å². The van der Waals surface area contributed by atoms with E-state index in [1.54, 1.807) is 4.90 Å². The van der Waals surface area contributed by atoms with Crippen molar-refractivity contribution in [2.45, 2.75) is 72.3 Å². The minimum Gasteiger partial charge on any atom is -0.339 e. The Morgan fingerprint density at radius 3 is 2.15 bits per heavy atom. The van der Waals surface area contributed by atoms with Gasteiger partial charge in [0.25, 0.3) is 5.91 Å². The summed E-state index contributed by atoms with van der Waals surface area (Å²) in [7, 11) is 0. The summed E-state index contributed by atoms with van der Waals surface area (Å²) in [5, 5.41) is 0. The molecule has 41 heavy (non-hydrogen) atoms. The van der Waals surface area contributed by atoms with Crippen LogP contribution in [0.3, 0.4) is 0 Å². The van der Waals surface area contributed by atoms with Gasteiger partial charge in [0.2, 0.25) is 5.91 Å². The number of urea groups is 1. The first-order valence-electron chi connectivity index (χ1n) is 14.9. The maximum Gasteiger partial charge on any atom is 0.345 e. The Morgan fingerprint density at radius 2 is 1.54 bits per heavy atom. The normalized spacial score (nSPS) is 15.2. The molecule has 4 amide bonds. The summed E-state index contributed by atoms with van der Waals surface area (Å²) in [5.41, 5.74) is 6.78. The summed E-state index contributed by atoms with van der Waals surface area (Å²) in [6, 6.07) is 13.2. The number of hydrogen-bond donors (Lipinski definition) is 1. The van der Waals surface area contributed by atoms with Crippen LogP contribution >= 0.6 is 0 Å². The third kappa shape index (κ3) is 7.55. The van der Waals surface area contributed by atoms with Crippen LogP contribution in [0.4, 0.5) is 10.5 Å². The van der Waals surface area contributed by atoms with Gasteiger partial charge in [0.05, 0.1) is 11.3 Å². The number of nitrogens with one attached hydrogen (secondary N) is 1. The van der Waals surface area contributed by atoms with E-state index in [4.69, 9.17) is 4.84 Å². The lowest BCUT2D eigenvalue weighted by Gasteiger charge is -2.27. The van der Waals surface area contributed by atoms with Gasteiger partial charge >= 0.3 is 6.03 Å². The highest BCUT2D eigenvalue weighted by atomic mass is 16.7. The van der Waals surface area contributed by atoms with E-state index in [9.17, 15) is 14.4 Å². The number of carbonyl (C=O) groups excluding carboxylic acids is 3. The van der Waals surface area contributed by atoms with Gasteiger partial charge in [0.15, 0.2) is 0 Å². The van der Waals surface area contributed by atoms with Crippen LogP contribution < -0.4 is 10.4 Å². The second-order valence-corrected chi connectivity index (χ2v) is 11.8. The molecule has 0 atom stereocenters. The number of nitrogens with zero attached hydrogens (tertiary/aromatic N) is 3. The monoisotopic (exact) mass is 560 g/mol. The number of likely N-dealkylation sites (tertiary alicyclic amines) is 1. The van der Waals surface area contributed by atoms with Crippen LogP contribution in [-0.2, 0) is 9.63 Å². The maximum absolute atomic E-state index is 13.5. The van der Waals surface area contributed by atoms with Crippen LogP contribution in [0, 0.1) is 0 Å². The van der Waals surface area contributed by atoms with Gasteiger partial charge < -0.3 is 9.80 Å². The molecular weight excluding hydrogens is 516 g/mol. The van der Waals surface area contributed by atoms with Gasteiger partial charge in [-0.3, -0.25) is 19.3 Å². The number of amides is 4. The first kappa shape index (κ1) is 30.3. The van der Waals surface area contributed by atoms with Crippen molar-refractivity contribution in [3.63, 3.8) is 0 Å². The molecule has 2 heterocycles. The number of anilines is 1. The van der Waals surface area contributed by atoms with Gasteiger partial charge in [0.1, 0.15) is 0 Å². The first-order valence-corrected chi connectivity index (χ1v) is 14.9. The predicted octanol–water partition coefficient (Wildman–Crippen LogP) is 6.27. The van der Waals surface area contributed by atoms with Gasteiger partial charge in [-0.2, -0.15) is 0 Å². The highest BCUT2D eigenvalue weighted by Crippen LogP contribution is 2.34. The van der Waals surface area contributed by atoms with E-state index in [0.29, 0.717) is 42.9 Å². The summed E-state index contributed by atoms with van der Waals surface area (Å²) < 4.78 is 0. The van der Waals surface area contributed by atoms with Crippen LogP contribution in [0.2, 0.25) is 0 Å². The lowest BCUT2D eigenvalue weighted by Crippen LogP contribution is -2.44. The molecule has 2 aliphatic rings. The van der Waals surface area contributed by atoms with Crippen LogP contribution in [0.15, 0.2) is 48.0 Å². The largest absolute Gasteiger partial charge is 0.345 e. The topological polar surface area (TPSA) is 82.2 Å². The van der Waals surface area contributed by atoms with Gasteiger partial charge in [-0.25, -0.2) is 10.3 Å². The van der Waals surface area contributed by atoms with Crippen molar-refractivity contribution in [2.75, 3.05) is 37.6 Å². The zero-order valence-electron chi connectivity index (χ0n) is 25.2. The van der Waals surface area contributed by atoms with Gasteiger partial charge in [0, 0.05) is 43.9 Å². The number of hydroxylamine groups is 1. The fourth-order valence-electron chi connectivity index (χ4n) is 5.29. The van der Waals surface area contributed by atoms with Crippen LogP contribution in [-0.4, -0.2) is 66.0 Å². The van der Waals surface area contributed by atoms with Gasteiger partial charge in [-0.05, 0) is 93.8 Å². The molecule has 1 saturated heterocycles. The highest BCUT2D eigenvalue weighted by Gasteiger charge is 2.27. The van der Waals surface area contributed by atoms with E-state index in [2.05, 4.69) is 19.3 Å². The third-order valence-electron chi connectivity index (χ3n) is 7.35. The fraction of sp³-hybridized carbons (Fsp3) is 0.485. The molecule has 1 fully saturated rings. The molecule has 2 aromatic rings. The molecule has 1 N–H and O–H groups in total. The summed E-state index contributed by atoms with van der Waals surface area (Å²) in [5.74, 6) is 0.0929. The number of fused-ring (bicyclic) bond motifs is 1. The fourth-order valence-corrected chi connectivity index (χ4v) is 5.29. The number of hydrogen-bond acceptors (Lipinski definition) is 4. The molecule has 8 heteroatoms. The second kappa shape index (κ2) is 13.3. The Bertz CT molecular complexity index is 1270. The van der Waals surface area contributed by atoms with E-state index >= 15 is 0 Å². The molecule has 0 radical (unpaired) electrons. The van der Waals surface area contributed by atoms with Crippen molar-refractivity contribution in [1.29, 1.82) is 0 Å². The lowest BCUT2D eigenvalue weighted by atomic mass is 9.99. The molecule has 2 aromatic carbocycles. The zero-order chi connectivity index (χ0) is 29.6. The standard InChI is InChI=1S/C33H44N4O4/c1-6-17-35(18-7-2)31(39)28-16-21-37(32(40)34-41-33(3,4)5)29-23-26(14-15-27(29)22-28)24-10-12-25(13-11-24)30(38)36-19-8-9-20-36/h10-15,22-23H,6-9,16-21H2,1-5H3,(H,34,40). The number of rotatable bonds is 8. The smallest absolute Gasteiger partial charge is 0.339 e. The molecular formula is C33H44N4O4. The molecule has 4 rings (SSSR count). The van der Waals surface area contributed by atoms with Crippen LogP contribution in [0.25, 0.3) is 17.2 Å². The quantitative estimate of drug-likeness (QED) is 0.386. The molecule has 0 bridgehead atoms. The molecule has 0 aromatic heterocycles. The van der Waals surface area contributed by atoms with Crippen molar-refractivity contribution in [3.05, 3.63) is 59.2 Å². The molecule has 220 valence electrons. The Labute approximate surface area is 244 Å². The van der Waals surface area contributed by atoms with E-state index in [0.717, 1.165) is 55.5 Å². The summed E-state index contributed by atoms with van der Waals surface area (Å²) in [6.07, 6.45) is 6.25. The Hall–Kier alpha value is -3.65. The Kier molecular flexibility index (Phi) is 9.86. The summed E-state index contributed by atoms with van der Waals surface area (Å²) in [6.45, 7) is 13.1. The molecule has 8 nitrogen and oxygen atoms in total. The minimum atomic E-state index is -0.555. The first-order chi connectivity index (χ1) is 19.6. The summed E-state index contributed by atoms with van der Waals surface area (Å²) >= 11 is 0. The Morgan fingerprint density at radius 1 is 0.902 bits per heavy atom. The predicted molar refractivity (Wildman–Crippen MR) is 163 cm³/mol. The third-order valence-corrected chi connectivity index (χ3v) is 7.35. The van der Waals surface area contributed by atoms with E-state index in [1.165, 1.54) is 0 Å². The van der Waals surface area contributed by atoms with Gasteiger partial charge in [-0.15, -0.1) is 0 Å². The van der Waals surface area contributed by atoms with E-state index < -0.39 is 5.60 Å². The second-order valence-electron chi connectivity index (χ2n) is 11.8. The Balaban J connectivity index is 1.66. The van der Waals surface area contributed by atoms with Crippen LogP contribution in [0.5, 0.6) is 0 Å². The number of carbonyl (C=O) groups is 3. The lowest BCUT2D eigenvalue weighted by molar-refractivity contribution is -0.127. The SMILES string of the molecule is CCCN(CCC)C(=O)C1=Cc2ccc(-c3ccc(C(=O)N4CCCC4)cc3)cc2N(C(=O)NOC(C)(C)C)CC1. The molecule has 0 unspecified atom stereocenters. The van der Waals surface area contributed by atoms with Crippen molar-refractivity contribution in [2.24, 2.45) is 0 Å². The average molecular weight is 561 g/mol. The number of benzene rings is 2. The molecule has 0 saturated carbocycles. The average Bonchev–Trinajstić information content (AvgIpc) is 3.43. The van der Waals surface area contributed by atoms with Crippen molar-refractivity contribution < 1.29 is 19.2 Å². The molecule has 0 spiro atoms. The minimum absolute atomic E-state index is 0.0233. The van der Waals surface area contributed by atoms with Gasteiger partial charge in [-0.1, -0.05) is 38.1 Å². The highest BCUT2D eigenvalue weighted by molar-refractivity contribution is 6.02. The molecule has 2 aliphatic heterocycles. The zero-order valence-corrected chi connectivity index (χ0v) is 25.2. The summed E-state index contributed by atoms with van der Waals surface area (Å²) in [4.78, 5) is 50.8. The molecule has 0 aliphatic carbocycles.